The summed E-state index contributed by atoms with van der Waals surface area (Å²) in [5, 5.41) is 0.758. The molecule has 0 saturated carbocycles. The molecule has 0 N–H and O–H groups in total. The van der Waals surface area contributed by atoms with Crippen LogP contribution < -0.4 is 5.56 Å². The normalized spacial score (nSPS) is 11.1. The molecule has 4 aromatic rings. The molecule has 0 unspecified atom stereocenters. The van der Waals surface area contributed by atoms with E-state index in [0.717, 1.165) is 16.6 Å². The summed E-state index contributed by atoms with van der Waals surface area (Å²) in [6.07, 6.45) is 0. The second-order valence-electron chi connectivity index (χ2n) is 7.23. The third-order valence-electron chi connectivity index (χ3n) is 4.93. The molecular formula is C23H19ClFN3O2S2. The summed E-state index contributed by atoms with van der Waals surface area (Å²) < 4.78 is 16.3. The number of amides is 1. The van der Waals surface area contributed by atoms with Crippen molar-refractivity contribution in [2.45, 2.75) is 18.6 Å². The third-order valence-corrected chi connectivity index (χ3v) is 7.07. The van der Waals surface area contributed by atoms with Gasteiger partial charge in [0.1, 0.15) is 5.82 Å². The third kappa shape index (κ3) is 4.72. The van der Waals surface area contributed by atoms with E-state index >= 15 is 0 Å². The lowest BCUT2D eigenvalue weighted by molar-refractivity contribution is -0.127. The van der Waals surface area contributed by atoms with Crippen molar-refractivity contribution >= 4 is 51.5 Å². The number of aromatic nitrogens is 2. The second kappa shape index (κ2) is 9.44. The molecule has 2 heterocycles. The molecule has 4 rings (SSSR count). The lowest BCUT2D eigenvalue weighted by Gasteiger charge is -2.17. The van der Waals surface area contributed by atoms with Crippen LogP contribution in [0.5, 0.6) is 0 Å². The Balaban J connectivity index is 1.65. The lowest BCUT2D eigenvalue weighted by atomic mass is 10.2. The van der Waals surface area contributed by atoms with Gasteiger partial charge >= 0.3 is 0 Å². The zero-order valence-electron chi connectivity index (χ0n) is 17.3. The average molecular weight is 488 g/mol. The number of carbonyl (C=O) groups excluding carboxylic acids is 1. The van der Waals surface area contributed by atoms with Crippen molar-refractivity contribution in [1.29, 1.82) is 0 Å². The molecule has 5 nitrogen and oxygen atoms in total. The lowest BCUT2D eigenvalue weighted by Crippen LogP contribution is -2.28. The molecule has 0 fully saturated rings. The van der Waals surface area contributed by atoms with Crippen LogP contribution in [0, 0.1) is 12.7 Å². The van der Waals surface area contributed by atoms with Crippen LogP contribution in [0.25, 0.3) is 16.6 Å². The van der Waals surface area contributed by atoms with E-state index in [-0.39, 0.29) is 17.2 Å². The predicted octanol–water partition coefficient (Wildman–Crippen LogP) is 5.30. The fourth-order valence-electron chi connectivity index (χ4n) is 3.15. The number of nitrogens with zero attached hydrogens (tertiary/aromatic N) is 3. The van der Waals surface area contributed by atoms with Gasteiger partial charge in [0.05, 0.1) is 33.2 Å². The molecule has 2 aromatic carbocycles. The summed E-state index contributed by atoms with van der Waals surface area (Å²) in [4.78, 5) is 33.2. The van der Waals surface area contributed by atoms with Crippen LogP contribution in [0.2, 0.25) is 4.34 Å². The minimum absolute atomic E-state index is 0.0781. The molecule has 9 heteroatoms. The van der Waals surface area contributed by atoms with Gasteiger partial charge in [-0.2, -0.15) is 0 Å². The number of rotatable bonds is 6. The number of hydrogen-bond donors (Lipinski definition) is 0. The molecule has 0 aliphatic carbocycles. The first-order valence-electron chi connectivity index (χ1n) is 9.73. The highest BCUT2D eigenvalue weighted by molar-refractivity contribution is 7.99. The van der Waals surface area contributed by atoms with Gasteiger partial charge in [-0.1, -0.05) is 41.6 Å². The summed E-state index contributed by atoms with van der Waals surface area (Å²) in [6.45, 7) is 2.10. The molecule has 1 amide bonds. The maximum atomic E-state index is 14.3. The van der Waals surface area contributed by atoms with Crippen LogP contribution >= 0.6 is 34.7 Å². The fourth-order valence-corrected chi connectivity index (χ4v) is 5.25. The minimum atomic E-state index is -0.413. The predicted molar refractivity (Wildman–Crippen MR) is 129 cm³/mol. The van der Waals surface area contributed by atoms with E-state index < -0.39 is 5.82 Å². The van der Waals surface area contributed by atoms with Crippen molar-refractivity contribution in [3.63, 3.8) is 0 Å². The van der Waals surface area contributed by atoms with Crippen LogP contribution in [0.1, 0.15) is 10.4 Å². The van der Waals surface area contributed by atoms with Crippen molar-refractivity contribution in [1.82, 2.24) is 14.5 Å². The van der Waals surface area contributed by atoms with Gasteiger partial charge in [0.2, 0.25) is 5.91 Å². The molecule has 164 valence electrons. The number of thiophene rings is 1. The summed E-state index contributed by atoms with van der Waals surface area (Å²) >= 11 is 8.54. The largest absolute Gasteiger partial charge is 0.340 e. The van der Waals surface area contributed by atoms with Gasteiger partial charge in [-0.05, 0) is 48.9 Å². The maximum Gasteiger partial charge on any atom is 0.266 e. The number of hydrogen-bond acceptors (Lipinski definition) is 5. The van der Waals surface area contributed by atoms with Crippen LogP contribution in [0.15, 0.2) is 64.5 Å². The van der Waals surface area contributed by atoms with Crippen molar-refractivity contribution in [3.8, 4) is 5.69 Å². The molecule has 0 bridgehead atoms. The zero-order valence-corrected chi connectivity index (χ0v) is 19.7. The van der Waals surface area contributed by atoms with Crippen LogP contribution in [0.3, 0.4) is 0 Å². The van der Waals surface area contributed by atoms with Gasteiger partial charge in [-0.25, -0.2) is 9.37 Å². The maximum absolute atomic E-state index is 14.3. The highest BCUT2D eigenvalue weighted by Gasteiger charge is 2.17. The number of para-hydroxylation sites is 1. The van der Waals surface area contributed by atoms with E-state index in [0.29, 0.717) is 38.2 Å². The monoisotopic (exact) mass is 487 g/mol. The summed E-state index contributed by atoms with van der Waals surface area (Å²) in [7, 11) is 1.72. The Morgan fingerprint density at radius 1 is 1.22 bits per heavy atom. The van der Waals surface area contributed by atoms with Gasteiger partial charge in [0.15, 0.2) is 5.16 Å². The Morgan fingerprint density at radius 2 is 2.00 bits per heavy atom. The Bertz CT molecular complexity index is 1370. The number of benzene rings is 2. The standard InChI is InChI=1S/C23H19ClFN3O2S2/c1-14-7-8-15(11-18(14)25)28-22(30)17-5-3-4-6-19(17)26-23(28)31-13-21(29)27(2)12-16-9-10-20(24)32-16/h3-11H,12-13H2,1-2H3. The van der Waals surface area contributed by atoms with Crippen molar-refractivity contribution in [2.24, 2.45) is 0 Å². The first kappa shape index (κ1) is 22.5. The highest BCUT2D eigenvalue weighted by Crippen LogP contribution is 2.25. The molecule has 0 aliphatic heterocycles. The molecule has 0 aliphatic rings. The van der Waals surface area contributed by atoms with Gasteiger partial charge in [0, 0.05) is 11.9 Å². The van der Waals surface area contributed by atoms with Crippen molar-refractivity contribution < 1.29 is 9.18 Å². The van der Waals surface area contributed by atoms with E-state index in [1.807, 2.05) is 6.07 Å². The number of fused-ring (bicyclic) bond motifs is 1. The first-order chi connectivity index (χ1) is 15.3. The molecule has 0 saturated heterocycles. The minimum Gasteiger partial charge on any atom is -0.340 e. The Hall–Kier alpha value is -2.68. The van der Waals surface area contributed by atoms with Crippen LogP contribution in [0.4, 0.5) is 4.39 Å². The topological polar surface area (TPSA) is 55.2 Å². The van der Waals surface area contributed by atoms with E-state index in [1.165, 1.54) is 22.0 Å². The zero-order chi connectivity index (χ0) is 22.8. The number of thioether (sulfide) groups is 1. The SMILES string of the molecule is Cc1ccc(-n2c(SCC(=O)N(C)Cc3ccc(Cl)s3)nc3ccccc3c2=O)cc1F. The summed E-state index contributed by atoms with van der Waals surface area (Å²) in [5.41, 5.74) is 1.07. The quantitative estimate of drug-likeness (QED) is 0.273. The second-order valence-corrected chi connectivity index (χ2v) is 9.97. The molecule has 2 aromatic heterocycles. The van der Waals surface area contributed by atoms with E-state index in [4.69, 9.17) is 11.6 Å². The Morgan fingerprint density at radius 3 is 2.72 bits per heavy atom. The Labute approximate surface area is 197 Å². The number of halogens is 2. The molecule has 0 radical (unpaired) electrons. The van der Waals surface area contributed by atoms with E-state index in [2.05, 4.69) is 4.98 Å². The van der Waals surface area contributed by atoms with E-state index in [9.17, 15) is 14.0 Å². The van der Waals surface area contributed by atoms with Gasteiger partial charge < -0.3 is 4.90 Å². The summed E-state index contributed by atoms with van der Waals surface area (Å²) in [6, 6.07) is 15.3. The summed E-state index contributed by atoms with van der Waals surface area (Å²) in [5.74, 6) is -0.457. The first-order valence-corrected chi connectivity index (χ1v) is 11.9. The van der Waals surface area contributed by atoms with Gasteiger partial charge in [0.25, 0.3) is 5.56 Å². The van der Waals surface area contributed by atoms with Crippen LogP contribution in [-0.4, -0.2) is 33.2 Å². The molecule has 0 spiro atoms. The molecular weight excluding hydrogens is 469 g/mol. The number of aryl methyl sites for hydroxylation is 1. The number of carbonyl (C=O) groups is 1. The smallest absolute Gasteiger partial charge is 0.266 e. The average Bonchev–Trinajstić information content (AvgIpc) is 3.18. The molecule has 32 heavy (non-hydrogen) atoms. The van der Waals surface area contributed by atoms with Crippen molar-refractivity contribution in [2.75, 3.05) is 12.8 Å². The van der Waals surface area contributed by atoms with Crippen LogP contribution in [-0.2, 0) is 11.3 Å². The molecule has 0 atom stereocenters. The van der Waals surface area contributed by atoms with Gasteiger partial charge in [-0.15, -0.1) is 11.3 Å². The van der Waals surface area contributed by atoms with Gasteiger partial charge in [-0.3, -0.25) is 14.2 Å². The van der Waals surface area contributed by atoms with Crippen molar-refractivity contribution in [3.05, 3.63) is 85.5 Å². The Kier molecular flexibility index (Phi) is 6.64. The highest BCUT2D eigenvalue weighted by atomic mass is 35.5. The van der Waals surface area contributed by atoms with E-state index in [1.54, 1.807) is 61.3 Å². The fraction of sp³-hybridized carbons (Fsp3) is 0.174.